The van der Waals surface area contributed by atoms with Crippen LogP contribution >= 0.6 is 15.9 Å². The van der Waals surface area contributed by atoms with Gasteiger partial charge in [0.05, 0.1) is 17.3 Å². The quantitative estimate of drug-likeness (QED) is 0.892. The summed E-state index contributed by atoms with van der Waals surface area (Å²) in [6.45, 7) is 4.78. The maximum atomic E-state index is 12.6. The van der Waals surface area contributed by atoms with E-state index >= 15 is 0 Å². The minimum atomic E-state index is -0.315. The van der Waals surface area contributed by atoms with Gasteiger partial charge in [-0.05, 0) is 48.3 Å². The van der Waals surface area contributed by atoms with Gasteiger partial charge in [0.1, 0.15) is 0 Å². The molecule has 1 aliphatic heterocycles. The molecule has 2 rings (SSSR count). The second kappa shape index (κ2) is 5.61. The highest BCUT2D eigenvalue weighted by Crippen LogP contribution is 2.33. The molecule has 1 aliphatic rings. The second-order valence-corrected chi connectivity index (χ2v) is 6.24. The Labute approximate surface area is 121 Å². The number of nitrogens with zero attached hydrogens (tertiary/aromatic N) is 1. The molecule has 0 aromatic heterocycles. The molecular formula is C14H19BrN2O2. The van der Waals surface area contributed by atoms with Gasteiger partial charge in [-0.3, -0.25) is 4.79 Å². The molecule has 0 spiro atoms. The van der Waals surface area contributed by atoms with Crippen molar-refractivity contribution in [2.24, 2.45) is 0 Å². The predicted octanol–water partition coefficient (Wildman–Crippen LogP) is 1.91. The van der Waals surface area contributed by atoms with Crippen molar-refractivity contribution >= 4 is 27.5 Å². The molecule has 5 heteroatoms. The molecule has 1 fully saturated rings. The maximum absolute atomic E-state index is 12.6. The zero-order valence-corrected chi connectivity index (χ0v) is 12.8. The van der Waals surface area contributed by atoms with Crippen molar-refractivity contribution in [1.82, 2.24) is 5.32 Å². The minimum Gasteiger partial charge on any atom is -0.396 e. The molecule has 1 heterocycles. The number of aliphatic hydroxyl groups is 1. The van der Waals surface area contributed by atoms with Crippen LogP contribution in [-0.2, 0) is 4.79 Å². The van der Waals surface area contributed by atoms with Crippen molar-refractivity contribution in [3.8, 4) is 0 Å². The maximum Gasteiger partial charge on any atom is 0.244 e. The van der Waals surface area contributed by atoms with Gasteiger partial charge >= 0.3 is 0 Å². The molecule has 4 nitrogen and oxygen atoms in total. The molecule has 1 unspecified atom stereocenters. The standard InChI is InChI=1S/C14H19BrN2O2/c1-14(2)9-16-11(7-8-18)13(19)17(14)12-6-4-3-5-10(12)15/h3-6,11,16,18H,7-9H2,1-2H3. The van der Waals surface area contributed by atoms with Crippen molar-refractivity contribution in [1.29, 1.82) is 0 Å². The van der Waals surface area contributed by atoms with Crippen LogP contribution in [0.4, 0.5) is 5.69 Å². The third-order valence-electron chi connectivity index (χ3n) is 3.42. The first-order valence-corrected chi connectivity index (χ1v) is 7.19. The molecule has 1 amide bonds. The number of carbonyl (C=O) groups is 1. The van der Waals surface area contributed by atoms with Crippen molar-refractivity contribution in [2.45, 2.75) is 31.8 Å². The topological polar surface area (TPSA) is 52.6 Å². The third-order valence-corrected chi connectivity index (χ3v) is 4.09. The fourth-order valence-electron chi connectivity index (χ4n) is 2.43. The minimum absolute atomic E-state index is 0.00757. The Kier molecular flexibility index (Phi) is 4.28. The van der Waals surface area contributed by atoms with Crippen LogP contribution in [0.2, 0.25) is 0 Å². The highest BCUT2D eigenvalue weighted by atomic mass is 79.9. The molecule has 0 radical (unpaired) electrons. The summed E-state index contributed by atoms with van der Waals surface area (Å²) in [6, 6.07) is 7.41. The number of hydrogen-bond donors (Lipinski definition) is 2. The Bertz CT molecular complexity index is 476. The second-order valence-electron chi connectivity index (χ2n) is 5.38. The van der Waals surface area contributed by atoms with Crippen LogP contribution in [0, 0.1) is 0 Å². The summed E-state index contributed by atoms with van der Waals surface area (Å²) in [6.07, 6.45) is 0.440. The van der Waals surface area contributed by atoms with Crippen molar-refractivity contribution in [3.05, 3.63) is 28.7 Å². The van der Waals surface area contributed by atoms with Crippen LogP contribution in [0.25, 0.3) is 0 Å². The molecule has 2 N–H and O–H groups in total. The van der Waals surface area contributed by atoms with E-state index in [0.717, 1.165) is 10.2 Å². The summed E-state index contributed by atoms with van der Waals surface area (Å²) in [5, 5.41) is 12.3. The fraction of sp³-hybridized carbons (Fsp3) is 0.500. The van der Waals surface area contributed by atoms with E-state index in [4.69, 9.17) is 5.11 Å². The number of carbonyl (C=O) groups excluding carboxylic acids is 1. The van der Waals surface area contributed by atoms with Crippen LogP contribution in [0.1, 0.15) is 20.3 Å². The number of aliphatic hydroxyl groups excluding tert-OH is 1. The zero-order valence-electron chi connectivity index (χ0n) is 11.2. The predicted molar refractivity (Wildman–Crippen MR) is 79.2 cm³/mol. The number of benzene rings is 1. The number of piperazine rings is 1. The lowest BCUT2D eigenvalue weighted by Gasteiger charge is -2.46. The Morgan fingerprint density at radius 1 is 1.47 bits per heavy atom. The van der Waals surface area contributed by atoms with E-state index in [1.165, 1.54) is 0 Å². The lowest BCUT2D eigenvalue weighted by Crippen LogP contribution is -2.65. The largest absolute Gasteiger partial charge is 0.396 e. The molecule has 19 heavy (non-hydrogen) atoms. The first kappa shape index (κ1) is 14.5. The summed E-state index contributed by atoms with van der Waals surface area (Å²) in [7, 11) is 0. The monoisotopic (exact) mass is 326 g/mol. The summed E-state index contributed by atoms with van der Waals surface area (Å²) >= 11 is 3.51. The number of halogens is 1. The fourth-order valence-corrected chi connectivity index (χ4v) is 2.89. The summed E-state index contributed by atoms with van der Waals surface area (Å²) in [5.74, 6) is 0.0113. The van der Waals surface area contributed by atoms with Crippen LogP contribution in [-0.4, -0.2) is 35.7 Å². The smallest absolute Gasteiger partial charge is 0.244 e. The van der Waals surface area contributed by atoms with E-state index in [1.54, 1.807) is 0 Å². The van der Waals surface area contributed by atoms with Gasteiger partial charge < -0.3 is 15.3 Å². The van der Waals surface area contributed by atoms with E-state index < -0.39 is 0 Å². The Hall–Kier alpha value is -0.910. The molecule has 0 aliphatic carbocycles. The first-order chi connectivity index (χ1) is 8.97. The number of nitrogens with one attached hydrogen (secondary N) is 1. The van der Waals surface area contributed by atoms with Gasteiger partial charge in [0.25, 0.3) is 0 Å². The molecule has 104 valence electrons. The molecule has 1 saturated heterocycles. The lowest BCUT2D eigenvalue weighted by molar-refractivity contribution is -0.123. The van der Waals surface area contributed by atoms with Gasteiger partial charge in [0.2, 0.25) is 5.91 Å². The molecule has 1 aromatic carbocycles. The molecule has 1 atom stereocenters. The van der Waals surface area contributed by atoms with Crippen molar-refractivity contribution in [2.75, 3.05) is 18.1 Å². The summed E-state index contributed by atoms with van der Waals surface area (Å²) < 4.78 is 0.904. The number of amides is 1. The van der Waals surface area contributed by atoms with E-state index in [2.05, 4.69) is 21.2 Å². The molecule has 0 saturated carbocycles. The normalized spacial score (nSPS) is 22.6. The SMILES string of the molecule is CC1(C)CNC(CCO)C(=O)N1c1ccccc1Br. The zero-order chi connectivity index (χ0) is 14.0. The van der Waals surface area contributed by atoms with Crippen LogP contribution in [0.5, 0.6) is 0 Å². The van der Waals surface area contributed by atoms with E-state index in [1.807, 2.05) is 43.0 Å². The number of para-hydroxylation sites is 1. The average Bonchev–Trinajstić information content (AvgIpc) is 2.35. The highest BCUT2D eigenvalue weighted by molar-refractivity contribution is 9.10. The van der Waals surface area contributed by atoms with Gasteiger partial charge in [-0.1, -0.05) is 12.1 Å². The number of hydrogen-bond acceptors (Lipinski definition) is 3. The van der Waals surface area contributed by atoms with Crippen LogP contribution < -0.4 is 10.2 Å². The van der Waals surface area contributed by atoms with E-state index in [0.29, 0.717) is 13.0 Å². The third kappa shape index (κ3) is 2.83. The van der Waals surface area contributed by atoms with E-state index in [-0.39, 0.29) is 24.1 Å². The Balaban J connectivity index is 2.38. The molecular weight excluding hydrogens is 308 g/mol. The number of anilines is 1. The summed E-state index contributed by atoms with van der Waals surface area (Å²) in [5.41, 5.74) is 0.578. The molecule has 1 aromatic rings. The summed E-state index contributed by atoms with van der Waals surface area (Å²) in [4.78, 5) is 14.4. The van der Waals surface area contributed by atoms with Gasteiger partial charge in [0.15, 0.2) is 0 Å². The molecule has 0 bridgehead atoms. The number of rotatable bonds is 3. The lowest BCUT2D eigenvalue weighted by atomic mass is 9.94. The van der Waals surface area contributed by atoms with Gasteiger partial charge in [0, 0.05) is 17.6 Å². The Morgan fingerprint density at radius 2 is 2.16 bits per heavy atom. The highest BCUT2D eigenvalue weighted by Gasteiger charge is 2.41. The van der Waals surface area contributed by atoms with Crippen molar-refractivity contribution < 1.29 is 9.90 Å². The Morgan fingerprint density at radius 3 is 2.79 bits per heavy atom. The van der Waals surface area contributed by atoms with Crippen molar-refractivity contribution in [3.63, 3.8) is 0 Å². The van der Waals surface area contributed by atoms with Gasteiger partial charge in [-0.2, -0.15) is 0 Å². The van der Waals surface area contributed by atoms with Gasteiger partial charge in [-0.25, -0.2) is 0 Å². The van der Waals surface area contributed by atoms with Gasteiger partial charge in [-0.15, -0.1) is 0 Å². The van der Waals surface area contributed by atoms with E-state index in [9.17, 15) is 4.79 Å². The van der Waals surface area contributed by atoms with Crippen LogP contribution in [0.15, 0.2) is 28.7 Å². The van der Waals surface area contributed by atoms with Crippen LogP contribution in [0.3, 0.4) is 0 Å². The first-order valence-electron chi connectivity index (χ1n) is 6.40. The average molecular weight is 327 g/mol.